The third-order valence-electron chi connectivity index (χ3n) is 7.29. The van der Waals surface area contributed by atoms with Gasteiger partial charge in [0.25, 0.3) is 11.7 Å². The van der Waals surface area contributed by atoms with Gasteiger partial charge in [-0.2, -0.15) is 0 Å². The number of urea groups is 1. The number of hydrogen-bond donors (Lipinski definition) is 4. The summed E-state index contributed by atoms with van der Waals surface area (Å²) >= 11 is 1.25. The molecule has 0 radical (unpaired) electrons. The Balaban J connectivity index is 1.87. The highest BCUT2D eigenvalue weighted by Crippen LogP contribution is 2.56. The number of nitrogens with one attached hydrogen (secondary N) is 3. The van der Waals surface area contributed by atoms with Gasteiger partial charge >= 0.3 is 6.03 Å². The fourth-order valence-electron chi connectivity index (χ4n) is 5.22. The minimum absolute atomic E-state index is 0.0493. The smallest absolute Gasteiger partial charge is 0.315 e. The maximum Gasteiger partial charge on any atom is 0.315 e. The van der Waals surface area contributed by atoms with E-state index in [2.05, 4.69) is 16.0 Å². The van der Waals surface area contributed by atoms with Crippen molar-refractivity contribution < 1.29 is 24.0 Å². The van der Waals surface area contributed by atoms with Crippen LogP contribution >= 0.6 is 11.8 Å². The predicted molar refractivity (Wildman–Crippen MR) is 147 cm³/mol. The van der Waals surface area contributed by atoms with E-state index in [1.807, 2.05) is 55.4 Å². The number of likely N-dealkylation sites (tertiary alicyclic amines) is 1. The highest BCUT2D eigenvalue weighted by atomic mass is 32.2. The number of carbonyl (C=O) groups is 5. The van der Waals surface area contributed by atoms with Crippen LogP contribution in [0.3, 0.4) is 0 Å². The second-order valence-corrected chi connectivity index (χ2v) is 14.4. The number of thioether (sulfide) groups is 1. The van der Waals surface area contributed by atoms with Gasteiger partial charge in [0.15, 0.2) is 0 Å². The second kappa shape index (κ2) is 10.9. The molecule has 1 aliphatic heterocycles. The normalized spacial score (nSPS) is 24.5. The molecule has 0 spiro atoms. The molecule has 1 heterocycles. The number of Topliss-reactive ketones (excluding diaryl/α,β-unsaturated/α-hetero) is 1. The molecule has 3 rings (SSSR count). The maximum absolute atomic E-state index is 14.0. The molecular weight excluding hydrogens is 506 g/mol. The number of amides is 5. The summed E-state index contributed by atoms with van der Waals surface area (Å²) in [6.45, 7) is 15.4. The summed E-state index contributed by atoms with van der Waals surface area (Å²) in [5.41, 5.74) is 6.40. The Morgan fingerprint density at radius 3 is 2.05 bits per heavy atom. The average molecular weight is 550 g/mol. The molecule has 0 bridgehead atoms. The Bertz CT molecular complexity index is 1040. The van der Waals surface area contributed by atoms with E-state index in [0.717, 1.165) is 30.4 Å². The Labute approximate surface area is 229 Å². The van der Waals surface area contributed by atoms with E-state index in [0.29, 0.717) is 6.54 Å². The topological polar surface area (TPSA) is 151 Å². The fraction of sp³-hybridized carbons (Fsp3) is 0.741. The molecular formula is C27H43N5O5S. The van der Waals surface area contributed by atoms with E-state index in [4.69, 9.17) is 5.73 Å². The van der Waals surface area contributed by atoms with Crippen LogP contribution in [0.4, 0.5) is 4.79 Å². The third kappa shape index (κ3) is 6.71. The Hall–Kier alpha value is -2.56. The van der Waals surface area contributed by atoms with Gasteiger partial charge in [0.05, 0.1) is 0 Å². The van der Waals surface area contributed by atoms with Crippen molar-refractivity contribution >= 4 is 41.3 Å². The lowest BCUT2D eigenvalue weighted by molar-refractivity contribution is -0.143. The Morgan fingerprint density at radius 1 is 1.00 bits per heavy atom. The molecule has 0 aromatic rings. The lowest BCUT2D eigenvalue weighted by atomic mass is 9.85. The summed E-state index contributed by atoms with van der Waals surface area (Å²) in [4.78, 5) is 66.2. The molecule has 3 fully saturated rings. The first-order valence-electron chi connectivity index (χ1n) is 13.3. The van der Waals surface area contributed by atoms with Gasteiger partial charge in [0, 0.05) is 29.2 Å². The molecule has 5 atom stereocenters. The van der Waals surface area contributed by atoms with Gasteiger partial charge in [-0.15, -0.1) is 11.8 Å². The highest BCUT2D eigenvalue weighted by molar-refractivity contribution is 8.01. The predicted octanol–water partition coefficient (Wildman–Crippen LogP) is 2.07. The number of hydrogen-bond acceptors (Lipinski definition) is 6. The van der Waals surface area contributed by atoms with Crippen LogP contribution in [-0.4, -0.2) is 69.2 Å². The molecule has 2 saturated carbocycles. The molecule has 212 valence electrons. The van der Waals surface area contributed by atoms with Gasteiger partial charge < -0.3 is 26.6 Å². The van der Waals surface area contributed by atoms with Gasteiger partial charge in [-0.25, -0.2) is 4.79 Å². The fourth-order valence-corrected chi connectivity index (χ4v) is 6.64. The zero-order valence-corrected chi connectivity index (χ0v) is 24.6. The molecule has 0 aromatic heterocycles. The number of rotatable bonds is 8. The SMILES string of the molecule is CC(C)=C1C2CN(C(=O)C(NC(=O)NC(C)(C)C)C(C)(C)C)C(C(=O)NC(SC3CCC3)C(=O)C(N)=O)C12. The van der Waals surface area contributed by atoms with Crippen LogP contribution < -0.4 is 21.7 Å². The summed E-state index contributed by atoms with van der Waals surface area (Å²) in [5, 5.41) is 7.48. The van der Waals surface area contributed by atoms with Crippen molar-refractivity contribution in [1.29, 1.82) is 0 Å². The summed E-state index contributed by atoms with van der Waals surface area (Å²) in [7, 11) is 0. The summed E-state index contributed by atoms with van der Waals surface area (Å²) in [6, 6.07) is -2.20. The van der Waals surface area contributed by atoms with Gasteiger partial charge in [0.1, 0.15) is 17.5 Å². The quantitative estimate of drug-likeness (QED) is 0.207. The molecule has 3 aliphatic rings. The number of allylic oxidation sites excluding steroid dienone is 1. The van der Waals surface area contributed by atoms with Crippen molar-refractivity contribution in [2.75, 3.05) is 6.54 Å². The van der Waals surface area contributed by atoms with Crippen LogP contribution in [0, 0.1) is 17.3 Å². The minimum Gasteiger partial charge on any atom is -0.363 e. The second-order valence-electron chi connectivity index (χ2n) is 13.0. The lowest BCUT2D eigenvalue weighted by Gasteiger charge is -2.37. The van der Waals surface area contributed by atoms with Gasteiger partial charge in [0.2, 0.25) is 11.8 Å². The molecule has 0 aromatic carbocycles. The van der Waals surface area contributed by atoms with Crippen LogP contribution in [-0.2, 0) is 19.2 Å². The number of nitrogens with zero attached hydrogens (tertiary/aromatic N) is 1. The van der Waals surface area contributed by atoms with Crippen molar-refractivity contribution in [3.8, 4) is 0 Å². The zero-order valence-electron chi connectivity index (χ0n) is 23.8. The molecule has 5 unspecified atom stereocenters. The Kier molecular flexibility index (Phi) is 8.60. The summed E-state index contributed by atoms with van der Waals surface area (Å²) in [6.07, 6.45) is 2.84. The van der Waals surface area contributed by atoms with Gasteiger partial charge in [-0.1, -0.05) is 38.3 Å². The van der Waals surface area contributed by atoms with E-state index < -0.39 is 52.0 Å². The standard InChI is InChI=1S/C27H43N5O5S/c1-13(2)16-15-12-32(24(36)20(26(3,4)5)29-25(37)31-27(6,7)8)18(17(15)16)22(35)30-23(19(33)21(28)34)38-14-10-9-11-14/h14-15,17-18,20,23H,9-12H2,1-8H3,(H2,28,34)(H,30,35)(H2,29,31,37). The molecule has 5 N–H and O–H groups in total. The molecule has 1 saturated heterocycles. The molecule has 10 nitrogen and oxygen atoms in total. The number of nitrogens with two attached hydrogens (primary N) is 1. The van der Waals surface area contributed by atoms with Crippen molar-refractivity contribution in [2.45, 2.75) is 103 Å². The maximum atomic E-state index is 14.0. The molecule has 5 amide bonds. The van der Waals surface area contributed by atoms with Crippen LogP contribution in [0.1, 0.15) is 74.7 Å². The highest BCUT2D eigenvalue weighted by Gasteiger charge is 2.62. The monoisotopic (exact) mass is 549 g/mol. The Morgan fingerprint density at radius 2 is 1.61 bits per heavy atom. The van der Waals surface area contributed by atoms with Crippen molar-refractivity contribution in [3.05, 3.63) is 11.1 Å². The van der Waals surface area contributed by atoms with Gasteiger partial charge in [-0.05, 0) is 52.9 Å². The van der Waals surface area contributed by atoms with Crippen molar-refractivity contribution in [1.82, 2.24) is 20.9 Å². The first kappa shape index (κ1) is 30.0. The molecule has 38 heavy (non-hydrogen) atoms. The first-order chi connectivity index (χ1) is 17.4. The summed E-state index contributed by atoms with van der Waals surface area (Å²) < 4.78 is 0. The molecule has 2 aliphatic carbocycles. The minimum atomic E-state index is -1.10. The molecule has 11 heteroatoms. The summed E-state index contributed by atoms with van der Waals surface area (Å²) in [5.74, 6) is -2.90. The number of ketones is 1. The van der Waals surface area contributed by atoms with E-state index >= 15 is 0 Å². The first-order valence-corrected chi connectivity index (χ1v) is 14.2. The van der Waals surface area contributed by atoms with Gasteiger partial charge in [-0.3, -0.25) is 19.2 Å². The van der Waals surface area contributed by atoms with Crippen LogP contribution in [0.5, 0.6) is 0 Å². The largest absolute Gasteiger partial charge is 0.363 e. The van der Waals surface area contributed by atoms with Crippen molar-refractivity contribution in [3.63, 3.8) is 0 Å². The van der Waals surface area contributed by atoms with Crippen molar-refractivity contribution in [2.24, 2.45) is 23.0 Å². The van der Waals surface area contributed by atoms with Crippen LogP contribution in [0.2, 0.25) is 0 Å². The average Bonchev–Trinajstić information content (AvgIpc) is 3.30. The zero-order chi connectivity index (χ0) is 28.7. The van der Waals surface area contributed by atoms with Crippen LogP contribution in [0.15, 0.2) is 11.1 Å². The van der Waals surface area contributed by atoms with E-state index in [-0.39, 0.29) is 23.0 Å². The van der Waals surface area contributed by atoms with E-state index in [1.165, 1.54) is 16.7 Å². The number of fused-ring (bicyclic) bond motifs is 1. The van der Waals surface area contributed by atoms with E-state index in [9.17, 15) is 24.0 Å². The number of primary amides is 1. The third-order valence-corrected chi connectivity index (χ3v) is 8.75. The number of piperidine rings is 1. The lowest BCUT2D eigenvalue weighted by Crippen LogP contribution is -2.61. The van der Waals surface area contributed by atoms with Crippen LogP contribution in [0.25, 0.3) is 0 Å². The van der Waals surface area contributed by atoms with E-state index in [1.54, 1.807) is 0 Å². The number of carbonyl (C=O) groups excluding carboxylic acids is 5.